The summed E-state index contributed by atoms with van der Waals surface area (Å²) >= 11 is 0. The van der Waals surface area contributed by atoms with E-state index in [0.29, 0.717) is 25.1 Å². The molecule has 1 aliphatic rings. The van der Waals surface area contributed by atoms with Gasteiger partial charge in [0.2, 0.25) is 5.91 Å². The first-order valence-electron chi connectivity index (χ1n) is 5.97. The molecule has 0 bridgehead atoms. The number of halogens is 1. The summed E-state index contributed by atoms with van der Waals surface area (Å²) in [5, 5.41) is 5.91. The lowest BCUT2D eigenvalue weighted by Crippen LogP contribution is -2.38. The predicted octanol–water partition coefficient (Wildman–Crippen LogP) is 0.833. The first kappa shape index (κ1) is 16.5. The standard InChI is InChI=1S/C11H22N4O.HI/c1-3-8(2)15-11(12)14-7-6-13-10(16)9-4-5-9;/h8-9H,3-7H2,1-2H3,(H,13,16)(H3,12,14,15);1H. The van der Waals surface area contributed by atoms with E-state index in [9.17, 15) is 4.79 Å². The summed E-state index contributed by atoms with van der Waals surface area (Å²) in [5.41, 5.74) is 5.67. The minimum absolute atomic E-state index is 0. The monoisotopic (exact) mass is 354 g/mol. The summed E-state index contributed by atoms with van der Waals surface area (Å²) in [4.78, 5) is 15.4. The van der Waals surface area contributed by atoms with E-state index in [1.54, 1.807) is 0 Å². The summed E-state index contributed by atoms with van der Waals surface area (Å²) in [6.45, 7) is 5.24. The van der Waals surface area contributed by atoms with Crippen LogP contribution < -0.4 is 16.4 Å². The highest BCUT2D eigenvalue weighted by molar-refractivity contribution is 14.0. The minimum atomic E-state index is 0. The van der Waals surface area contributed by atoms with E-state index >= 15 is 0 Å². The van der Waals surface area contributed by atoms with Crippen molar-refractivity contribution in [3.63, 3.8) is 0 Å². The Morgan fingerprint density at radius 1 is 1.53 bits per heavy atom. The minimum Gasteiger partial charge on any atom is -0.370 e. The highest BCUT2D eigenvalue weighted by Crippen LogP contribution is 2.28. The van der Waals surface area contributed by atoms with Crippen molar-refractivity contribution < 1.29 is 4.79 Å². The Bertz CT molecular complexity index is 266. The molecule has 0 aromatic carbocycles. The zero-order valence-corrected chi connectivity index (χ0v) is 12.9. The Morgan fingerprint density at radius 3 is 2.71 bits per heavy atom. The van der Waals surface area contributed by atoms with Gasteiger partial charge in [0.25, 0.3) is 0 Å². The van der Waals surface area contributed by atoms with Crippen LogP contribution in [0.2, 0.25) is 0 Å². The van der Waals surface area contributed by atoms with Crippen LogP contribution in [0.15, 0.2) is 4.99 Å². The Morgan fingerprint density at radius 2 is 2.18 bits per heavy atom. The normalized spacial score (nSPS) is 16.9. The number of guanidine groups is 1. The molecular formula is C11H23IN4O. The molecular weight excluding hydrogens is 331 g/mol. The van der Waals surface area contributed by atoms with Gasteiger partial charge in [-0.25, -0.2) is 0 Å². The van der Waals surface area contributed by atoms with Gasteiger partial charge in [-0.1, -0.05) is 6.92 Å². The van der Waals surface area contributed by atoms with Gasteiger partial charge in [-0.05, 0) is 26.2 Å². The van der Waals surface area contributed by atoms with Crippen LogP contribution >= 0.6 is 24.0 Å². The van der Waals surface area contributed by atoms with Gasteiger partial charge in [-0.15, -0.1) is 24.0 Å². The molecule has 0 radical (unpaired) electrons. The Balaban J connectivity index is 0.00000256. The number of nitrogens with zero attached hydrogens (tertiary/aromatic N) is 1. The average Bonchev–Trinajstić information content (AvgIpc) is 3.07. The molecule has 4 N–H and O–H groups in total. The number of hydrogen-bond donors (Lipinski definition) is 3. The van der Waals surface area contributed by atoms with Crippen LogP contribution in [0.4, 0.5) is 0 Å². The molecule has 5 nitrogen and oxygen atoms in total. The van der Waals surface area contributed by atoms with E-state index in [-0.39, 0.29) is 35.8 Å². The highest BCUT2D eigenvalue weighted by Gasteiger charge is 2.28. The maximum absolute atomic E-state index is 11.3. The fraction of sp³-hybridized carbons (Fsp3) is 0.818. The van der Waals surface area contributed by atoms with Crippen LogP contribution in [0.5, 0.6) is 0 Å². The lowest BCUT2D eigenvalue weighted by molar-refractivity contribution is -0.122. The van der Waals surface area contributed by atoms with Crippen molar-refractivity contribution in [2.75, 3.05) is 13.1 Å². The first-order valence-corrected chi connectivity index (χ1v) is 5.97. The van der Waals surface area contributed by atoms with Gasteiger partial charge in [0.15, 0.2) is 5.96 Å². The predicted molar refractivity (Wildman–Crippen MR) is 80.5 cm³/mol. The lowest BCUT2D eigenvalue weighted by atomic mass is 10.3. The van der Waals surface area contributed by atoms with Gasteiger partial charge in [-0.3, -0.25) is 9.79 Å². The second-order valence-corrected chi connectivity index (χ2v) is 4.29. The Labute approximate surface area is 120 Å². The number of carbonyl (C=O) groups excluding carboxylic acids is 1. The van der Waals surface area contributed by atoms with Gasteiger partial charge >= 0.3 is 0 Å². The third-order valence-corrected chi connectivity index (χ3v) is 2.65. The molecule has 0 spiro atoms. The highest BCUT2D eigenvalue weighted by atomic mass is 127. The third-order valence-electron chi connectivity index (χ3n) is 2.65. The summed E-state index contributed by atoms with van der Waals surface area (Å²) in [7, 11) is 0. The Hall–Kier alpha value is -0.530. The van der Waals surface area contributed by atoms with E-state index in [1.807, 2.05) is 0 Å². The zero-order valence-electron chi connectivity index (χ0n) is 10.5. The number of nitrogens with two attached hydrogens (primary N) is 1. The molecule has 6 heteroatoms. The maximum Gasteiger partial charge on any atom is 0.223 e. The van der Waals surface area contributed by atoms with Crippen LogP contribution in [0.1, 0.15) is 33.1 Å². The fourth-order valence-electron chi connectivity index (χ4n) is 1.25. The van der Waals surface area contributed by atoms with Crippen molar-refractivity contribution in [1.82, 2.24) is 10.6 Å². The zero-order chi connectivity index (χ0) is 12.0. The van der Waals surface area contributed by atoms with Crippen molar-refractivity contribution >= 4 is 35.8 Å². The van der Waals surface area contributed by atoms with Crippen LogP contribution in [-0.4, -0.2) is 31.0 Å². The van der Waals surface area contributed by atoms with Crippen LogP contribution in [-0.2, 0) is 4.79 Å². The summed E-state index contributed by atoms with van der Waals surface area (Å²) < 4.78 is 0. The average molecular weight is 354 g/mol. The largest absolute Gasteiger partial charge is 0.370 e. The molecule has 1 amide bonds. The summed E-state index contributed by atoms with van der Waals surface area (Å²) in [6, 6.07) is 0.338. The smallest absolute Gasteiger partial charge is 0.223 e. The van der Waals surface area contributed by atoms with Crippen LogP contribution in [0, 0.1) is 5.92 Å². The van der Waals surface area contributed by atoms with Gasteiger partial charge in [0.05, 0.1) is 6.54 Å². The van der Waals surface area contributed by atoms with E-state index in [1.165, 1.54) is 0 Å². The SMILES string of the molecule is CCC(C)NC(N)=NCCNC(=O)C1CC1.I. The molecule has 0 aliphatic heterocycles. The van der Waals surface area contributed by atoms with Crippen LogP contribution in [0.3, 0.4) is 0 Å². The Kier molecular flexibility index (Phi) is 8.28. The van der Waals surface area contributed by atoms with E-state index < -0.39 is 0 Å². The first-order chi connectivity index (χ1) is 7.63. The molecule has 100 valence electrons. The molecule has 1 unspecified atom stereocenters. The molecule has 0 aromatic heterocycles. The molecule has 1 rings (SSSR count). The number of rotatable bonds is 6. The quantitative estimate of drug-likeness (QED) is 0.286. The number of carbonyl (C=O) groups is 1. The molecule has 17 heavy (non-hydrogen) atoms. The van der Waals surface area contributed by atoms with Crippen molar-refractivity contribution in [2.24, 2.45) is 16.6 Å². The van der Waals surface area contributed by atoms with Crippen LogP contribution in [0.25, 0.3) is 0 Å². The van der Waals surface area contributed by atoms with E-state index in [2.05, 4.69) is 29.5 Å². The van der Waals surface area contributed by atoms with Gasteiger partial charge in [0, 0.05) is 18.5 Å². The molecule has 1 fully saturated rings. The lowest BCUT2D eigenvalue weighted by Gasteiger charge is -2.11. The fourth-order valence-corrected chi connectivity index (χ4v) is 1.25. The van der Waals surface area contributed by atoms with Crippen molar-refractivity contribution in [3.8, 4) is 0 Å². The number of hydrogen-bond acceptors (Lipinski definition) is 2. The molecule has 0 saturated heterocycles. The third kappa shape index (κ3) is 7.40. The molecule has 0 aromatic rings. The van der Waals surface area contributed by atoms with Crippen molar-refractivity contribution in [3.05, 3.63) is 0 Å². The van der Waals surface area contributed by atoms with Gasteiger partial charge in [0.1, 0.15) is 0 Å². The van der Waals surface area contributed by atoms with E-state index in [4.69, 9.17) is 5.73 Å². The van der Waals surface area contributed by atoms with E-state index in [0.717, 1.165) is 19.3 Å². The van der Waals surface area contributed by atoms with Crippen molar-refractivity contribution in [1.29, 1.82) is 0 Å². The summed E-state index contributed by atoms with van der Waals surface area (Å²) in [5.74, 6) is 0.873. The second-order valence-electron chi connectivity index (χ2n) is 4.29. The molecule has 1 aliphatic carbocycles. The molecule has 0 heterocycles. The molecule has 1 atom stereocenters. The molecule has 1 saturated carbocycles. The second kappa shape index (κ2) is 8.54. The number of amides is 1. The van der Waals surface area contributed by atoms with Gasteiger partial charge < -0.3 is 16.4 Å². The van der Waals surface area contributed by atoms with Crippen molar-refractivity contribution in [2.45, 2.75) is 39.2 Å². The number of nitrogens with one attached hydrogen (secondary N) is 2. The summed E-state index contributed by atoms with van der Waals surface area (Å²) in [6.07, 6.45) is 3.08. The number of aliphatic imine (C=N–C) groups is 1. The van der Waals surface area contributed by atoms with Gasteiger partial charge in [-0.2, -0.15) is 0 Å². The maximum atomic E-state index is 11.3. The topological polar surface area (TPSA) is 79.5 Å².